The van der Waals surface area contributed by atoms with Gasteiger partial charge in [-0.1, -0.05) is 43.0 Å². The van der Waals surface area contributed by atoms with E-state index in [0.29, 0.717) is 11.4 Å². The monoisotopic (exact) mass is 317 g/mol. The third kappa shape index (κ3) is 4.23. The van der Waals surface area contributed by atoms with E-state index in [-0.39, 0.29) is 5.57 Å². The summed E-state index contributed by atoms with van der Waals surface area (Å²) in [6.45, 7) is 3.56. The van der Waals surface area contributed by atoms with Gasteiger partial charge in [0.25, 0.3) is 12.3 Å². The summed E-state index contributed by atoms with van der Waals surface area (Å²) in [5.41, 5.74) is 1.11. The number of hydrogen-bond donors (Lipinski definition) is 1. The van der Waals surface area contributed by atoms with Crippen LogP contribution in [-0.4, -0.2) is 23.5 Å². The molecule has 120 valence electrons. The highest BCUT2D eigenvalue weighted by Crippen LogP contribution is 2.27. The smallest absolute Gasteiger partial charge is 0.264 e. The minimum Gasteiger partial charge on any atom is -0.387 e. The maximum absolute atomic E-state index is 12.7. The molecule has 3 nitrogen and oxygen atoms in total. The maximum atomic E-state index is 12.7. The summed E-state index contributed by atoms with van der Waals surface area (Å²) in [7, 11) is 0. The van der Waals surface area contributed by atoms with Gasteiger partial charge in [-0.25, -0.2) is 8.78 Å². The molecule has 0 heterocycles. The first kappa shape index (κ1) is 16.8. The van der Waals surface area contributed by atoms with Crippen molar-refractivity contribution < 1.29 is 18.7 Å². The van der Waals surface area contributed by atoms with Crippen molar-refractivity contribution in [2.75, 3.05) is 4.90 Å². The first-order valence-electron chi connectivity index (χ1n) is 7.09. The predicted octanol–water partition coefficient (Wildman–Crippen LogP) is 3.92. The molecule has 0 radical (unpaired) electrons. The van der Waals surface area contributed by atoms with E-state index in [4.69, 9.17) is 0 Å². The van der Waals surface area contributed by atoms with Crippen molar-refractivity contribution >= 4 is 17.3 Å². The highest BCUT2D eigenvalue weighted by Gasteiger charge is 2.25. The molecule has 0 saturated carbocycles. The average Bonchev–Trinajstić information content (AvgIpc) is 2.56. The van der Waals surface area contributed by atoms with Crippen molar-refractivity contribution in [2.45, 2.75) is 19.0 Å². The number of carbonyl (C=O) groups excluding carboxylic acids is 1. The van der Waals surface area contributed by atoms with Crippen LogP contribution in [0.3, 0.4) is 0 Å². The molecule has 0 aliphatic rings. The number of aliphatic hydroxyl groups is 1. The van der Waals surface area contributed by atoms with Crippen LogP contribution >= 0.6 is 0 Å². The van der Waals surface area contributed by atoms with Crippen LogP contribution in [0.5, 0.6) is 0 Å². The Labute approximate surface area is 133 Å². The summed E-state index contributed by atoms with van der Waals surface area (Å²) in [6, 6.07) is 17.7. The van der Waals surface area contributed by atoms with E-state index < -0.39 is 24.9 Å². The summed E-state index contributed by atoms with van der Waals surface area (Å²) in [6.07, 6.45) is -5.30. The number of nitrogens with zero attached hydrogens (tertiary/aromatic N) is 1. The lowest BCUT2D eigenvalue weighted by Crippen LogP contribution is -2.29. The van der Waals surface area contributed by atoms with Gasteiger partial charge in [0.1, 0.15) is 6.10 Å². The van der Waals surface area contributed by atoms with Gasteiger partial charge < -0.3 is 5.11 Å². The van der Waals surface area contributed by atoms with Gasteiger partial charge in [0.15, 0.2) is 0 Å². The molecule has 1 N–H and O–H groups in total. The van der Waals surface area contributed by atoms with Gasteiger partial charge >= 0.3 is 0 Å². The van der Waals surface area contributed by atoms with Crippen molar-refractivity contribution in [2.24, 2.45) is 0 Å². The van der Waals surface area contributed by atoms with Crippen molar-refractivity contribution in [3.05, 3.63) is 72.8 Å². The van der Waals surface area contributed by atoms with Crippen LogP contribution in [0.1, 0.15) is 6.42 Å². The van der Waals surface area contributed by atoms with Gasteiger partial charge in [-0.15, -0.1) is 0 Å². The molecule has 0 saturated heterocycles. The minimum absolute atomic E-state index is 0.0782. The summed E-state index contributed by atoms with van der Waals surface area (Å²) in [5.74, 6) is -0.526. The first-order valence-corrected chi connectivity index (χ1v) is 7.09. The van der Waals surface area contributed by atoms with Crippen LogP contribution in [0.25, 0.3) is 0 Å². The molecule has 0 spiro atoms. The Morgan fingerprint density at radius 1 is 1.00 bits per heavy atom. The second-order valence-corrected chi connectivity index (χ2v) is 5.02. The van der Waals surface area contributed by atoms with Crippen LogP contribution in [0, 0.1) is 0 Å². The molecule has 0 fully saturated rings. The third-order valence-corrected chi connectivity index (χ3v) is 3.28. The number of benzene rings is 2. The second kappa shape index (κ2) is 7.65. The Morgan fingerprint density at radius 3 is 1.83 bits per heavy atom. The highest BCUT2D eigenvalue weighted by atomic mass is 19.3. The number of aliphatic hydroxyl groups excluding tert-OH is 1. The number of carbonyl (C=O) groups is 1. The molecule has 5 heteroatoms. The van der Waals surface area contributed by atoms with Gasteiger partial charge in [0.2, 0.25) is 0 Å². The fourth-order valence-corrected chi connectivity index (χ4v) is 2.12. The quantitative estimate of drug-likeness (QED) is 0.820. The Kier molecular flexibility index (Phi) is 5.60. The van der Waals surface area contributed by atoms with Crippen LogP contribution in [0.4, 0.5) is 20.2 Å². The Balaban J connectivity index is 2.31. The molecule has 2 rings (SSSR count). The second-order valence-electron chi connectivity index (χ2n) is 5.02. The van der Waals surface area contributed by atoms with E-state index in [1.807, 2.05) is 12.1 Å². The zero-order valence-electron chi connectivity index (χ0n) is 12.4. The summed E-state index contributed by atoms with van der Waals surface area (Å²) < 4.78 is 25.0. The Hall–Kier alpha value is -2.53. The summed E-state index contributed by atoms with van der Waals surface area (Å²) >= 11 is 0. The molecule has 0 aliphatic carbocycles. The summed E-state index contributed by atoms with van der Waals surface area (Å²) in [4.78, 5) is 14.1. The number of rotatable bonds is 6. The molecule has 0 aliphatic heterocycles. The molecule has 23 heavy (non-hydrogen) atoms. The van der Waals surface area contributed by atoms with Gasteiger partial charge in [-0.2, -0.15) is 0 Å². The minimum atomic E-state index is -2.92. The molecule has 0 aromatic heterocycles. The first-order chi connectivity index (χ1) is 11.0. The van der Waals surface area contributed by atoms with Crippen LogP contribution in [-0.2, 0) is 4.79 Å². The zero-order chi connectivity index (χ0) is 16.8. The molecule has 2 aromatic carbocycles. The number of amides is 1. The molecule has 1 atom stereocenters. The average molecular weight is 317 g/mol. The van der Waals surface area contributed by atoms with Crippen molar-refractivity contribution in [1.29, 1.82) is 0 Å². The van der Waals surface area contributed by atoms with E-state index in [1.54, 1.807) is 48.5 Å². The number of hydrogen-bond acceptors (Lipinski definition) is 2. The number of anilines is 2. The lowest BCUT2D eigenvalue weighted by atomic mass is 10.1. The molecule has 1 unspecified atom stereocenters. The largest absolute Gasteiger partial charge is 0.387 e. The van der Waals surface area contributed by atoms with Crippen LogP contribution in [0.2, 0.25) is 0 Å². The van der Waals surface area contributed by atoms with Crippen molar-refractivity contribution in [3.8, 4) is 0 Å². The number of halogens is 2. The third-order valence-electron chi connectivity index (χ3n) is 3.28. The zero-order valence-corrected chi connectivity index (χ0v) is 12.4. The fraction of sp³-hybridized carbons (Fsp3) is 0.167. The lowest BCUT2D eigenvalue weighted by Gasteiger charge is -2.24. The molecular formula is C18H17F2NO2. The fourth-order valence-electron chi connectivity index (χ4n) is 2.12. The molecule has 0 bridgehead atoms. The normalized spacial score (nSPS) is 12.0. The summed E-state index contributed by atoms with van der Waals surface area (Å²) in [5, 5.41) is 9.29. The molecular weight excluding hydrogens is 300 g/mol. The van der Waals surface area contributed by atoms with E-state index in [0.717, 1.165) is 0 Å². The van der Waals surface area contributed by atoms with Crippen LogP contribution < -0.4 is 4.90 Å². The van der Waals surface area contributed by atoms with Crippen molar-refractivity contribution in [1.82, 2.24) is 0 Å². The lowest BCUT2D eigenvalue weighted by molar-refractivity contribution is -0.115. The van der Waals surface area contributed by atoms with Gasteiger partial charge in [-0.05, 0) is 24.3 Å². The van der Waals surface area contributed by atoms with Gasteiger partial charge in [0, 0.05) is 23.4 Å². The van der Waals surface area contributed by atoms with Crippen LogP contribution in [0.15, 0.2) is 72.8 Å². The SMILES string of the molecule is C=C(CC(O)C(F)F)C(=O)N(c1ccccc1)c1ccccc1. The predicted molar refractivity (Wildman–Crippen MR) is 85.8 cm³/mol. The van der Waals surface area contributed by atoms with Crippen molar-refractivity contribution in [3.63, 3.8) is 0 Å². The number of alkyl halides is 2. The van der Waals surface area contributed by atoms with Gasteiger partial charge in [0.05, 0.1) is 0 Å². The van der Waals surface area contributed by atoms with E-state index >= 15 is 0 Å². The van der Waals surface area contributed by atoms with E-state index in [2.05, 4.69) is 6.58 Å². The topological polar surface area (TPSA) is 40.5 Å². The standard InChI is InChI=1S/C18H17F2NO2/c1-13(12-16(22)17(19)20)18(23)21(14-8-4-2-5-9-14)15-10-6-3-7-11-15/h2-11,16-17,22H,1,12H2. The number of para-hydroxylation sites is 2. The van der Waals surface area contributed by atoms with E-state index in [1.165, 1.54) is 4.90 Å². The molecule has 1 amide bonds. The van der Waals surface area contributed by atoms with Gasteiger partial charge in [-0.3, -0.25) is 9.69 Å². The van der Waals surface area contributed by atoms with E-state index in [9.17, 15) is 18.7 Å². The maximum Gasteiger partial charge on any atom is 0.264 e. The Bertz CT molecular complexity index is 620. The Morgan fingerprint density at radius 2 is 1.43 bits per heavy atom. The highest BCUT2D eigenvalue weighted by molar-refractivity contribution is 6.10. The molecule has 2 aromatic rings.